The lowest BCUT2D eigenvalue weighted by atomic mass is 9.62. The van der Waals surface area contributed by atoms with E-state index < -0.39 is 29.2 Å². The van der Waals surface area contributed by atoms with Crippen molar-refractivity contribution in [3.8, 4) is 6.07 Å². The normalized spacial score (nSPS) is 26.1. The molecule has 0 fully saturated rings. The van der Waals surface area contributed by atoms with E-state index in [1.165, 1.54) is 12.1 Å². The van der Waals surface area contributed by atoms with Crippen LogP contribution in [0.2, 0.25) is 5.02 Å². The van der Waals surface area contributed by atoms with Crippen molar-refractivity contribution in [2.75, 3.05) is 6.61 Å². The second kappa shape index (κ2) is 7.42. The summed E-state index contributed by atoms with van der Waals surface area (Å²) in [5.74, 6) is -2.45. The first-order valence-electron chi connectivity index (χ1n) is 7.94. The monoisotopic (exact) mass is 366 g/mol. The fourth-order valence-electron chi connectivity index (χ4n) is 3.51. The number of rotatable bonds is 5. The highest BCUT2D eigenvalue weighted by Crippen LogP contribution is 2.50. The molecule has 1 heterocycles. The molecule has 0 aromatic heterocycles. The third-order valence-corrected chi connectivity index (χ3v) is 5.24. The molecule has 134 valence electrons. The molecule has 1 aromatic carbocycles. The van der Waals surface area contributed by atoms with Crippen LogP contribution in [0.25, 0.3) is 0 Å². The van der Waals surface area contributed by atoms with Gasteiger partial charge < -0.3 is 15.5 Å². The van der Waals surface area contributed by atoms with Crippen LogP contribution >= 0.6 is 11.6 Å². The molecule has 5 nitrogen and oxygen atoms in total. The maximum Gasteiger partial charge on any atom is 0.312 e. The fourth-order valence-corrected chi connectivity index (χ4v) is 3.79. The highest BCUT2D eigenvalue weighted by molar-refractivity contribution is 6.31. The number of nitriles is 1. The van der Waals surface area contributed by atoms with E-state index in [0.29, 0.717) is 24.1 Å². The third-order valence-electron chi connectivity index (χ3n) is 4.91. The number of carboxylic acids is 1. The maximum atomic E-state index is 13.4. The fraction of sp³-hybridized carbons (Fsp3) is 0.444. The van der Waals surface area contributed by atoms with Crippen LogP contribution in [0.1, 0.15) is 38.2 Å². The minimum Gasteiger partial charge on any atom is -0.481 e. The first-order valence-corrected chi connectivity index (χ1v) is 8.31. The number of aliphatic hydroxyl groups excluding tert-OH is 1. The standard InChI is InChI=1S/C18H20ClFN2O3/c1-10-13(9-21)16(12-6-5-11(20)8-14(12)19)18(2,17(24)25)15(22-10)4-3-7-23/h5-6,8,15-16,22-23H,3-4,7H2,1-2H3,(H,24,25). The smallest absolute Gasteiger partial charge is 0.312 e. The topological polar surface area (TPSA) is 93.4 Å². The summed E-state index contributed by atoms with van der Waals surface area (Å²) in [6, 6.07) is 5.33. The molecular formula is C18H20ClFN2O3. The van der Waals surface area contributed by atoms with E-state index in [0.717, 1.165) is 6.07 Å². The number of carboxylic acid groups (broad SMARTS) is 1. The number of hydrogen-bond donors (Lipinski definition) is 3. The Morgan fingerprint density at radius 3 is 2.72 bits per heavy atom. The van der Waals surface area contributed by atoms with Crippen molar-refractivity contribution in [3.05, 3.63) is 45.9 Å². The van der Waals surface area contributed by atoms with Crippen molar-refractivity contribution >= 4 is 17.6 Å². The molecular weight excluding hydrogens is 347 g/mol. The summed E-state index contributed by atoms with van der Waals surface area (Å²) in [5, 5.41) is 31.9. The number of benzene rings is 1. The average molecular weight is 367 g/mol. The minimum atomic E-state index is -1.39. The summed E-state index contributed by atoms with van der Waals surface area (Å²) in [5.41, 5.74) is -0.158. The zero-order valence-corrected chi connectivity index (χ0v) is 14.8. The van der Waals surface area contributed by atoms with Gasteiger partial charge in [-0.3, -0.25) is 4.79 Å². The van der Waals surface area contributed by atoms with Gasteiger partial charge in [-0.05, 0) is 44.4 Å². The van der Waals surface area contributed by atoms with Crippen molar-refractivity contribution < 1.29 is 19.4 Å². The number of aliphatic carboxylic acids is 1. The molecule has 3 N–H and O–H groups in total. The maximum absolute atomic E-state index is 13.4. The number of allylic oxidation sites excluding steroid dienone is 2. The molecule has 0 radical (unpaired) electrons. The average Bonchev–Trinajstić information content (AvgIpc) is 2.55. The van der Waals surface area contributed by atoms with Gasteiger partial charge in [0.25, 0.3) is 0 Å². The van der Waals surface area contributed by atoms with Crippen LogP contribution in [0, 0.1) is 22.6 Å². The molecule has 0 bridgehead atoms. The van der Waals surface area contributed by atoms with E-state index in [2.05, 4.69) is 11.4 Å². The summed E-state index contributed by atoms with van der Waals surface area (Å²) < 4.78 is 13.4. The van der Waals surface area contributed by atoms with Gasteiger partial charge in [0.2, 0.25) is 0 Å². The Hall–Kier alpha value is -2.10. The second-order valence-electron chi connectivity index (χ2n) is 6.40. The van der Waals surface area contributed by atoms with Crippen LogP contribution in [0.4, 0.5) is 4.39 Å². The van der Waals surface area contributed by atoms with Crippen LogP contribution < -0.4 is 5.32 Å². The Morgan fingerprint density at radius 2 is 2.20 bits per heavy atom. The van der Waals surface area contributed by atoms with Gasteiger partial charge in [-0.15, -0.1) is 0 Å². The predicted octanol–water partition coefficient (Wildman–Crippen LogP) is 3.20. The predicted molar refractivity (Wildman–Crippen MR) is 91.5 cm³/mol. The largest absolute Gasteiger partial charge is 0.481 e. The first kappa shape index (κ1) is 19.2. The number of aliphatic hydroxyl groups is 1. The Morgan fingerprint density at radius 1 is 1.52 bits per heavy atom. The van der Waals surface area contributed by atoms with E-state index in [4.69, 9.17) is 16.7 Å². The van der Waals surface area contributed by atoms with E-state index in [1.54, 1.807) is 13.8 Å². The molecule has 3 atom stereocenters. The van der Waals surface area contributed by atoms with E-state index in [9.17, 15) is 19.6 Å². The summed E-state index contributed by atoms with van der Waals surface area (Å²) in [7, 11) is 0. The van der Waals surface area contributed by atoms with E-state index >= 15 is 0 Å². The molecule has 25 heavy (non-hydrogen) atoms. The van der Waals surface area contributed by atoms with Gasteiger partial charge >= 0.3 is 5.97 Å². The molecule has 1 aliphatic rings. The van der Waals surface area contributed by atoms with Gasteiger partial charge in [0.15, 0.2) is 0 Å². The Labute approximate surface area is 150 Å². The number of halogens is 2. The number of nitrogens with one attached hydrogen (secondary N) is 1. The lowest BCUT2D eigenvalue weighted by Gasteiger charge is -2.45. The lowest BCUT2D eigenvalue weighted by Crippen LogP contribution is -2.55. The van der Waals surface area contributed by atoms with Gasteiger partial charge in [0.1, 0.15) is 5.82 Å². The summed E-state index contributed by atoms with van der Waals surface area (Å²) in [4.78, 5) is 12.2. The summed E-state index contributed by atoms with van der Waals surface area (Å²) in [6.45, 7) is 3.19. The number of nitrogens with zero attached hydrogens (tertiary/aromatic N) is 1. The van der Waals surface area contributed by atoms with Crippen molar-refractivity contribution in [1.29, 1.82) is 5.26 Å². The van der Waals surface area contributed by atoms with Gasteiger partial charge in [-0.2, -0.15) is 5.26 Å². The van der Waals surface area contributed by atoms with Crippen LogP contribution in [0.5, 0.6) is 0 Å². The zero-order valence-electron chi connectivity index (χ0n) is 14.0. The zero-order chi connectivity index (χ0) is 18.8. The molecule has 1 aromatic rings. The van der Waals surface area contributed by atoms with Crippen molar-refractivity contribution in [3.63, 3.8) is 0 Å². The highest BCUT2D eigenvalue weighted by Gasteiger charge is 2.53. The van der Waals surface area contributed by atoms with Crippen molar-refractivity contribution in [2.24, 2.45) is 5.41 Å². The molecule has 7 heteroatoms. The van der Waals surface area contributed by atoms with Crippen LogP contribution in [0.15, 0.2) is 29.5 Å². The van der Waals surface area contributed by atoms with Gasteiger partial charge in [-0.25, -0.2) is 4.39 Å². The molecule has 2 rings (SSSR count). The van der Waals surface area contributed by atoms with Crippen LogP contribution in [-0.2, 0) is 4.79 Å². The number of carbonyl (C=O) groups is 1. The van der Waals surface area contributed by atoms with E-state index in [-0.39, 0.29) is 17.2 Å². The van der Waals surface area contributed by atoms with E-state index in [1.807, 2.05) is 0 Å². The number of hydrogen-bond acceptors (Lipinski definition) is 4. The van der Waals surface area contributed by atoms with Gasteiger partial charge in [0, 0.05) is 29.3 Å². The highest BCUT2D eigenvalue weighted by atomic mass is 35.5. The quantitative estimate of drug-likeness (QED) is 0.744. The Bertz CT molecular complexity index is 759. The van der Waals surface area contributed by atoms with Crippen molar-refractivity contribution in [1.82, 2.24) is 5.32 Å². The second-order valence-corrected chi connectivity index (χ2v) is 6.81. The van der Waals surface area contributed by atoms with Crippen LogP contribution in [0.3, 0.4) is 0 Å². The summed E-state index contributed by atoms with van der Waals surface area (Å²) in [6.07, 6.45) is 0.824. The molecule has 0 aliphatic carbocycles. The molecule has 0 spiro atoms. The summed E-state index contributed by atoms with van der Waals surface area (Å²) >= 11 is 6.19. The Balaban J connectivity index is 2.70. The molecule has 0 saturated heterocycles. The minimum absolute atomic E-state index is 0.0658. The lowest BCUT2D eigenvalue weighted by molar-refractivity contribution is -0.151. The van der Waals surface area contributed by atoms with Gasteiger partial charge in [-0.1, -0.05) is 17.7 Å². The molecule has 0 amide bonds. The SMILES string of the molecule is CC1=C(C#N)C(c2ccc(F)cc2Cl)C(C)(C(=O)O)C(CCCO)N1. The molecule has 0 saturated carbocycles. The Kier molecular flexibility index (Phi) is 5.71. The van der Waals surface area contributed by atoms with Crippen molar-refractivity contribution in [2.45, 2.75) is 38.6 Å². The van der Waals surface area contributed by atoms with Gasteiger partial charge in [0.05, 0.1) is 17.1 Å². The molecule has 1 aliphatic heterocycles. The third kappa shape index (κ3) is 3.35. The first-order chi connectivity index (χ1) is 11.8. The molecule has 3 unspecified atom stereocenters. The van der Waals surface area contributed by atoms with Crippen LogP contribution in [-0.4, -0.2) is 28.8 Å².